The monoisotopic (exact) mass is 407 g/mol. The predicted octanol–water partition coefficient (Wildman–Crippen LogP) is 2.75. The maximum Gasteiger partial charge on any atom is 0.416 e. The molecule has 0 saturated heterocycles. The van der Waals surface area contributed by atoms with Gasteiger partial charge in [-0.3, -0.25) is 9.36 Å². The molecule has 0 spiro atoms. The first-order valence-electron chi connectivity index (χ1n) is 9.15. The Balaban J connectivity index is 1.70. The van der Waals surface area contributed by atoms with E-state index >= 15 is 0 Å². The van der Waals surface area contributed by atoms with Crippen molar-refractivity contribution >= 4 is 19.4 Å². The third-order valence-corrected chi connectivity index (χ3v) is 6.03. The van der Waals surface area contributed by atoms with E-state index in [1.165, 1.54) is 18.1 Å². The van der Waals surface area contributed by atoms with Gasteiger partial charge in [-0.25, -0.2) is 14.3 Å². The van der Waals surface area contributed by atoms with Crippen LogP contribution in [-0.2, 0) is 22.2 Å². The number of aromatic nitrogens is 2. The molecule has 1 amide bonds. The number of hydrogen-bond donors (Lipinski definition) is 3. The molecule has 1 aromatic heterocycles. The summed E-state index contributed by atoms with van der Waals surface area (Å²) in [6, 6.07) is 9.58. The van der Waals surface area contributed by atoms with Gasteiger partial charge < -0.3 is 15.3 Å². The molecular weight excluding hydrogens is 381 g/mol. The number of rotatable bonds is 10. The Morgan fingerprint density at radius 1 is 1.25 bits per heavy atom. The molecule has 0 radical (unpaired) electrons. The predicted molar refractivity (Wildman–Crippen MR) is 106 cm³/mol. The summed E-state index contributed by atoms with van der Waals surface area (Å²) in [4.78, 5) is 36.9. The van der Waals surface area contributed by atoms with E-state index in [0.29, 0.717) is 18.5 Å². The lowest BCUT2D eigenvalue weighted by Gasteiger charge is -2.15. The first-order chi connectivity index (χ1) is 13.2. The highest BCUT2D eigenvalue weighted by atomic mass is 31.2. The number of aryl methyl sites for hydroxylation is 1. The second kappa shape index (κ2) is 10.2. The Morgan fingerprint density at radius 3 is 2.61 bits per heavy atom. The molecule has 1 aromatic carbocycles. The van der Waals surface area contributed by atoms with Gasteiger partial charge >= 0.3 is 6.09 Å². The first-order valence-corrected chi connectivity index (χ1v) is 11.2. The van der Waals surface area contributed by atoms with E-state index in [1.54, 1.807) is 6.92 Å². The SMILES string of the molecule is C[C@H](Cc1cn(C(=O)O)cn1)NC(=O)CP(=O)(O)CCCCc1ccccc1. The van der Waals surface area contributed by atoms with Crippen LogP contribution in [0.2, 0.25) is 0 Å². The highest BCUT2D eigenvalue weighted by Gasteiger charge is 2.23. The molecule has 2 aromatic rings. The summed E-state index contributed by atoms with van der Waals surface area (Å²) in [6.45, 7) is 1.74. The molecule has 0 aliphatic rings. The summed E-state index contributed by atoms with van der Waals surface area (Å²) in [5.74, 6) is -0.487. The first kappa shape index (κ1) is 21.9. The second-order valence-electron chi connectivity index (χ2n) is 6.90. The highest BCUT2D eigenvalue weighted by molar-refractivity contribution is 7.58. The van der Waals surface area contributed by atoms with Crippen LogP contribution in [0.5, 0.6) is 0 Å². The van der Waals surface area contributed by atoms with Crippen molar-refractivity contribution in [3.8, 4) is 0 Å². The number of amides is 1. The van der Waals surface area contributed by atoms with Crippen LogP contribution in [0.15, 0.2) is 42.9 Å². The lowest BCUT2D eigenvalue weighted by molar-refractivity contribution is -0.119. The smallest absolute Gasteiger partial charge is 0.416 e. The van der Waals surface area contributed by atoms with E-state index in [0.717, 1.165) is 17.4 Å². The summed E-state index contributed by atoms with van der Waals surface area (Å²) in [7, 11) is -3.53. The maximum atomic E-state index is 12.3. The molecule has 0 aliphatic carbocycles. The highest BCUT2D eigenvalue weighted by Crippen LogP contribution is 2.41. The summed E-state index contributed by atoms with van der Waals surface area (Å²) < 4.78 is 13.2. The fraction of sp³-hybridized carbons (Fsp3) is 0.421. The molecule has 1 heterocycles. The van der Waals surface area contributed by atoms with E-state index in [9.17, 15) is 19.0 Å². The van der Waals surface area contributed by atoms with E-state index < -0.39 is 25.5 Å². The Bertz CT molecular complexity index is 837. The molecule has 3 N–H and O–H groups in total. The lowest BCUT2D eigenvalue weighted by Crippen LogP contribution is -2.36. The Kier molecular flexibility index (Phi) is 7.96. The zero-order valence-electron chi connectivity index (χ0n) is 15.8. The van der Waals surface area contributed by atoms with Gasteiger partial charge in [0.25, 0.3) is 0 Å². The number of nitrogens with one attached hydrogen (secondary N) is 1. The molecular formula is C19H26N3O5P. The average molecular weight is 407 g/mol. The number of nitrogens with zero attached hydrogens (tertiary/aromatic N) is 2. The van der Waals surface area contributed by atoms with Gasteiger partial charge in [0.15, 0.2) is 0 Å². The molecule has 0 aliphatic heterocycles. The van der Waals surface area contributed by atoms with Gasteiger partial charge in [0.2, 0.25) is 13.3 Å². The summed E-state index contributed by atoms with van der Waals surface area (Å²) in [6.07, 6.45) is 3.67. The molecule has 9 heteroatoms. The fourth-order valence-corrected chi connectivity index (χ4v) is 4.31. The van der Waals surface area contributed by atoms with Crippen molar-refractivity contribution in [2.75, 3.05) is 12.3 Å². The number of carboxylic acid groups (broad SMARTS) is 1. The largest absolute Gasteiger partial charge is 0.464 e. The standard InChI is InChI=1S/C19H26N3O5P/c1-15(11-17-12-22(14-20-17)19(24)25)21-18(23)13-28(26,27)10-6-5-9-16-7-3-2-4-8-16/h2-4,7-8,12,14-15H,5-6,9-11,13H2,1H3,(H,21,23)(H,24,25)(H,26,27)/t15-/m1/s1. The average Bonchev–Trinajstić information content (AvgIpc) is 3.07. The second-order valence-corrected chi connectivity index (χ2v) is 9.35. The van der Waals surface area contributed by atoms with Crippen molar-refractivity contribution in [1.29, 1.82) is 0 Å². The lowest BCUT2D eigenvalue weighted by atomic mass is 10.1. The van der Waals surface area contributed by atoms with E-state index in [-0.39, 0.29) is 12.2 Å². The molecule has 8 nitrogen and oxygen atoms in total. The molecule has 28 heavy (non-hydrogen) atoms. The molecule has 2 rings (SSSR count). The van der Waals surface area contributed by atoms with Gasteiger partial charge in [0, 0.05) is 24.8 Å². The maximum absolute atomic E-state index is 12.3. The number of carbonyl (C=O) groups excluding carboxylic acids is 1. The van der Waals surface area contributed by atoms with Crippen LogP contribution in [0.25, 0.3) is 0 Å². The van der Waals surface area contributed by atoms with Gasteiger partial charge in [-0.15, -0.1) is 0 Å². The topological polar surface area (TPSA) is 122 Å². The van der Waals surface area contributed by atoms with Crippen molar-refractivity contribution < 1.29 is 24.2 Å². The van der Waals surface area contributed by atoms with Gasteiger partial charge in [-0.05, 0) is 31.7 Å². The molecule has 1 unspecified atom stereocenters. The van der Waals surface area contributed by atoms with Gasteiger partial charge in [-0.2, -0.15) is 0 Å². The Morgan fingerprint density at radius 2 is 1.96 bits per heavy atom. The quantitative estimate of drug-likeness (QED) is 0.411. The van der Waals surface area contributed by atoms with Crippen LogP contribution in [0.4, 0.5) is 4.79 Å². The zero-order valence-corrected chi connectivity index (χ0v) is 16.7. The van der Waals surface area contributed by atoms with Gasteiger partial charge in [-0.1, -0.05) is 30.3 Å². The minimum Gasteiger partial charge on any atom is -0.464 e. The summed E-state index contributed by atoms with van der Waals surface area (Å²) in [5.41, 5.74) is 1.70. The number of imidazole rings is 1. The number of benzene rings is 1. The zero-order chi connectivity index (χ0) is 20.6. The van der Waals surface area contributed by atoms with Crippen molar-refractivity contribution in [2.45, 2.75) is 38.6 Å². The fourth-order valence-electron chi connectivity index (χ4n) is 2.89. The van der Waals surface area contributed by atoms with E-state index in [2.05, 4.69) is 10.3 Å². The summed E-state index contributed by atoms with van der Waals surface area (Å²) in [5, 5.41) is 11.5. The summed E-state index contributed by atoms with van der Waals surface area (Å²) >= 11 is 0. The number of carbonyl (C=O) groups is 2. The normalized spacial score (nSPS) is 14.2. The molecule has 2 atom stereocenters. The van der Waals surface area contributed by atoms with Crippen LogP contribution in [0, 0.1) is 0 Å². The number of hydrogen-bond acceptors (Lipinski definition) is 4. The van der Waals surface area contributed by atoms with Crippen molar-refractivity contribution in [3.63, 3.8) is 0 Å². The van der Waals surface area contributed by atoms with Gasteiger partial charge in [0.05, 0.1) is 5.69 Å². The van der Waals surface area contributed by atoms with E-state index in [1.807, 2.05) is 30.3 Å². The minimum atomic E-state index is -3.53. The van der Waals surface area contributed by atoms with Crippen molar-refractivity contribution in [3.05, 3.63) is 54.1 Å². The van der Waals surface area contributed by atoms with Gasteiger partial charge in [0.1, 0.15) is 12.5 Å². The third kappa shape index (κ3) is 7.66. The third-order valence-electron chi connectivity index (χ3n) is 4.24. The molecule has 152 valence electrons. The van der Waals surface area contributed by atoms with Crippen LogP contribution in [-0.4, -0.2) is 49.9 Å². The van der Waals surface area contributed by atoms with Crippen LogP contribution < -0.4 is 5.32 Å². The Labute approximate surface area is 164 Å². The van der Waals surface area contributed by atoms with Crippen molar-refractivity contribution in [1.82, 2.24) is 14.9 Å². The molecule has 0 saturated carbocycles. The van der Waals surface area contributed by atoms with Crippen LogP contribution in [0.3, 0.4) is 0 Å². The minimum absolute atomic E-state index is 0.116. The van der Waals surface area contributed by atoms with Crippen LogP contribution >= 0.6 is 7.37 Å². The molecule has 0 bridgehead atoms. The Hall–Kier alpha value is -2.44. The van der Waals surface area contributed by atoms with E-state index in [4.69, 9.17) is 5.11 Å². The number of unbranched alkanes of at least 4 members (excludes halogenated alkanes) is 1. The van der Waals surface area contributed by atoms with Crippen LogP contribution in [0.1, 0.15) is 31.0 Å². The molecule has 0 fully saturated rings. The van der Waals surface area contributed by atoms with Crippen molar-refractivity contribution in [2.24, 2.45) is 0 Å².